The molecule has 0 aliphatic carbocycles. The lowest BCUT2D eigenvalue weighted by atomic mass is 10.1. The Labute approximate surface area is 132 Å². The van der Waals surface area contributed by atoms with E-state index in [1.54, 1.807) is 4.90 Å². The Morgan fingerprint density at radius 1 is 1.39 bits per heavy atom. The average Bonchev–Trinajstić information content (AvgIpc) is 2.83. The number of hydrogen-bond donors (Lipinski definition) is 3. The van der Waals surface area contributed by atoms with Crippen molar-refractivity contribution in [2.24, 2.45) is 5.92 Å². The van der Waals surface area contributed by atoms with Gasteiger partial charge in [-0.05, 0) is 27.1 Å². The van der Waals surface area contributed by atoms with Crippen molar-refractivity contribution in [3.8, 4) is 0 Å². The van der Waals surface area contributed by atoms with Gasteiger partial charge in [0.25, 0.3) is 5.56 Å². The number of carbonyl (C=O) groups excluding carboxylic acids is 2. The van der Waals surface area contributed by atoms with Gasteiger partial charge in [0.15, 0.2) is 0 Å². The molecule has 0 spiro atoms. The number of carbonyl (C=O) groups is 2. The molecule has 1 unspecified atom stereocenters. The van der Waals surface area contributed by atoms with Crippen LogP contribution in [-0.4, -0.2) is 65.3 Å². The number of rotatable bonds is 6. The Morgan fingerprint density at radius 3 is 2.78 bits per heavy atom. The summed E-state index contributed by atoms with van der Waals surface area (Å²) in [5.41, 5.74) is -1.35. The maximum absolute atomic E-state index is 12.2. The zero-order valence-corrected chi connectivity index (χ0v) is 13.2. The molecule has 0 aromatic carbocycles. The minimum atomic E-state index is -0.672. The second kappa shape index (κ2) is 7.23. The van der Waals surface area contributed by atoms with Crippen LogP contribution in [0.15, 0.2) is 15.8 Å². The minimum absolute atomic E-state index is 0.0342. The summed E-state index contributed by atoms with van der Waals surface area (Å²) in [6.07, 6.45) is 2.12. The van der Waals surface area contributed by atoms with Gasteiger partial charge in [-0.3, -0.25) is 19.4 Å². The van der Waals surface area contributed by atoms with Crippen molar-refractivity contribution in [1.82, 2.24) is 19.8 Å². The molecule has 1 aromatic rings. The number of hydrogen-bond acceptors (Lipinski definition) is 5. The summed E-state index contributed by atoms with van der Waals surface area (Å²) >= 11 is 0. The van der Waals surface area contributed by atoms with E-state index in [0.717, 1.165) is 19.2 Å². The number of amides is 2. The molecule has 0 bridgehead atoms. The van der Waals surface area contributed by atoms with E-state index in [4.69, 9.17) is 0 Å². The number of anilines is 1. The van der Waals surface area contributed by atoms with Gasteiger partial charge < -0.3 is 20.1 Å². The molecule has 1 aliphatic heterocycles. The van der Waals surface area contributed by atoms with Gasteiger partial charge in [0, 0.05) is 25.7 Å². The molecule has 1 aromatic heterocycles. The fourth-order valence-corrected chi connectivity index (χ4v) is 2.48. The number of nitrogens with zero attached hydrogens (tertiary/aromatic N) is 2. The first-order chi connectivity index (χ1) is 10.9. The topological polar surface area (TPSA) is 118 Å². The third-order valence-corrected chi connectivity index (χ3v) is 3.70. The van der Waals surface area contributed by atoms with E-state index in [-0.39, 0.29) is 18.0 Å². The molecule has 1 atom stereocenters. The van der Waals surface area contributed by atoms with Crippen molar-refractivity contribution < 1.29 is 9.59 Å². The fraction of sp³-hybridized carbons (Fsp3) is 0.571. The Hall–Kier alpha value is -2.42. The zero-order chi connectivity index (χ0) is 17.0. The highest BCUT2D eigenvalue weighted by molar-refractivity contribution is 5.96. The van der Waals surface area contributed by atoms with Gasteiger partial charge in [0.05, 0.1) is 5.92 Å². The number of H-pyrrole nitrogens is 2. The van der Waals surface area contributed by atoms with Crippen LogP contribution < -0.4 is 16.6 Å². The highest BCUT2D eigenvalue weighted by Gasteiger charge is 2.34. The lowest BCUT2D eigenvalue weighted by Crippen LogP contribution is -2.32. The molecule has 9 nitrogen and oxygen atoms in total. The van der Waals surface area contributed by atoms with Gasteiger partial charge in [0.1, 0.15) is 5.69 Å². The van der Waals surface area contributed by atoms with Crippen LogP contribution in [0.3, 0.4) is 0 Å². The monoisotopic (exact) mass is 323 g/mol. The third kappa shape index (κ3) is 4.52. The molecule has 126 valence electrons. The van der Waals surface area contributed by atoms with Gasteiger partial charge in [-0.25, -0.2) is 4.79 Å². The first-order valence-electron chi connectivity index (χ1n) is 7.42. The molecular weight excluding hydrogens is 302 g/mol. The molecular formula is C14H21N5O4. The van der Waals surface area contributed by atoms with Crippen LogP contribution in [0, 0.1) is 5.92 Å². The summed E-state index contributed by atoms with van der Waals surface area (Å²) < 4.78 is 0. The Kier molecular flexibility index (Phi) is 5.32. The largest absolute Gasteiger partial charge is 0.342 e. The smallest absolute Gasteiger partial charge is 0.325 e. The molecule has 1 saturated heterocycles. The predicted octanol–water partition coefficient (Wildman–Crippen LogP) is -1.20. The third-order valence-electron chi connectivity index (χ3n) is 3.70. The number of nitrogens with one attached hydrogen (secondary N) is 3. The summed E-state index contributed by atoms with van der Waals surface area (Å²) in [5, 5.41) is 2.45. The Morgan fingerprint density at radius 2 is 2.13 bits per heavy atom. The molecule has 1 fully saturated rings. The highest BCUT2D eigenvalue weighted by atomic mass is 16.2. The van der Waals surface area contributed by atoms with Crippen LogP contribution in [0.4, 0.5) is 5.69 Å². The molecule has 3 N–H and O–H groups in total. The van der Waals surface area contributed by atoms with Gasteiger partial charge in [-0.2, -0.15) is 0 Å². The highest BCUT2D eigenvalue weighted by Crippen LogP contribution is 2.19. The van der Waals surface area contributed by atoms with Gasteiger partial charge >= 0.3 is 5.69 Å². The van der Waals surface area contributed by atoms with Crippen molar-refractivity contribution in [1.29, 1.82) is 0 Å². The average molecular weight is 323 g/mol. The normalized spacial score (nSPS) is 17.8. The molecule has 1 aliphatic rings. The summed E-state index contributed by atoms with van der Waals surface area (Å²) in [7, 11) is 3.92. The summed E-state index contributed by atoms with van der Waals surface area (Å²) in [5.74, 6) is -0.946. The maximum atomic E-state index is 12.2. The van der Waals surface area contributed by atoms with E-state index in [1.165, 1.54) is 0 Å². The molecule has 2 rings (SSSR count). The quantitative estimate of drug-likeness (QED) is 0.608. The fourth-order valence-electron chi connectivity index (χ4n) is 2.48. The molecule has 0 saturated carbocycles. The van der Waals surface area contributed by atoms with Crippen molar-refractivity contribution in [2.45, 2.75) is 12.8 Å². The van der Waals surface area contributed by atoms with E-state index < -0.39 is 23.1 Å². The van der Waals surface area contributed by atoms with Crippen LogP contribution in [0.2, 0.25) is 0 Å². The number of aromatic amines is 2. The van der Waals surface area contributed by atoms with Crippen molar-refractivity contribution in [3.05, 3.63) is 27.0 Å². The van der Waals surface area contributed by atoms with E-state index in [1.807, 2.05) is 24.0 Å². The number of aromatic nitrogens is 2. The summed E-state index contributed by atoms with van der Waals surface area (Å²) in [6.45, 7) is 1.83. The minimum Gasteiger partial charge on any atom is -0.342 e. The van der Waals surface area contributed by atoms with Crippen LogP contribution in [0.5, 0.6) is 0 Å². The van der Waals surface area contributed by atoms with Gasteiger partial charge in [0.2, 0.25) is 11.8 Å². The van der Waals surface area contributed by atoms with Crippen molar-refractivity contribution >= 4 is 17.5 Å². The number of likely N-dealkylation sites (tertiary alicyclic amines) is 1. The van der Waals surface area contributed by atoms with Crippen LogP contribution in [-0.2, 0) is 9.59 Å². The molecule has 2 heterocycles. The van der Waals surface area contributed by atoms with E-state index in [0.29, 0.717) is 13.1 Å². The molecule has 9 heteroatoms. The SMILES string of the molecule is CN(C)CCCN1CC(C(=O)Nc2c[nH]c(=O)[nH]c2=O)CC1=O. The van der Waals surface area contributed by atoms with Gasteiger partial charge in [-0.15, -0.1) is 0 Å². The van der Waals surface area contributed by atoms with Gasteiger partial charge in [-0.1, -0.05) is 0 Å². The van der Waals surface area contributed by atoms with Crippen LogP contribution in [0.25, 0.3) is 0 Å². The Bertz CT molecular complexity index is 693. The predicted molar refractivity (Wildman–Crippen MR) is 84.2 cm³/mol. The lowest BCUT2D eigenvalue weighted by Gasteiger charge is -2.18. The standard InChI is InChI=1S/C14H21N5O4/c1-18(2)4-3-5-19-8-9(6-11(19)20)12(21)16-10-7-15-14(23)17-13(10)22/h7,9H,3-6,8H2,1-2H3,(H,16,21)(H2,15,17,22,23). The molecule has 0 radical (unpaired) electrons. The zero-order valence-electron chi connectivity index (χ0n) is 13.2. The summed E-state index contributed by atoms with van der Waals surface area (Å²) in [6, 6.07) is 0. The van der Waals surface area contributed by atoms with Crippen LogP contribution in [0.1, 0.15) is 12.8 Å². The van der Waals surface area contributed by atoms with Crippen LogP contribution >= 0.6 is 0 Å². The second-order valence-electron chi connectivity index (χ2n) is 5.87. The van der Waals surface area contributed by atoms with E-state index >= 15 is 0 Å². The van der Waals surface area contributed by atoms with Crippen molar-refractivity contribution in [3.63, 3.8) is 0 Å². The lowest BCUT2D eigenvalue weighted by molar-refractivity contribution is -0.128. The molecule has 2 amide bonds. The second-order valence-corrected chi connectivity index (χ2v) is 5.87. The first-order valence-corrected chi connectivity index (χ1v) is 7.42. The first kappa shape index (κ1) is 16.9. The van der Waals surface area contributed by atoms with E-state index in [2.05, 4.69) is 10.3 Å². The van der Waals surface area contributed by atoms with Crippen molar-refractivity contribution in [2.75, 3.05) is 39.0 Å². The summed E-state index contributed by atoms with van der Waals surface area (Å²) in [4.78, 5) is 54.6. The maximum Gasteiger partial charge on any atom is 0.325 e. The molecule has 23 heavy (non-hydrogen) atoms. The van der Waals surface area contributed by atoms with E-state index in [9.17, 15) is 19.2 Å². The Balaban J connectivity index is 1.92.